The Hall–Kier alpha value is -1.27. The van der Waals surface area contributed by atoms with E-state index in [0.717, 1.165) is 0 Å². The summed E-state index contributed by atoms with van der Waals surface area (Å²) in [6.45, 7) is 1.38. The molecule has 0 radical (unpaired) electrons. The van der Waals surface area contributed by atoms with E-state index in [2.05, 4.69) is 19.4 Å². The summed E-state index contributed by atoms with van der Waals surface area (Å²) in [7, 11) is 0. The molecule has 7 heteroatoms. The second-order valence-electron chi connectivity index (χ2n) is 1.66. The standard InChI is InChI=1S/C4H3F3N2O2/c1-2-8-3(11-9-2)10-4(5,6)7/h1H3. The van der Waals surface area contributed by atoms with E-state index < -0.39 is 12.4 Å². The number of hydrogen-bond donors (Lipinski definition) is 0. The number of rotatable bonds is 1. The van der Waals surface area contributed by atoms with Crippen LogP contribution in [0.25, 0.3) is 0 Å². The Morgan fingerprint density at radius 3 is 2.45 bits per heavy atom. The molecule has 0 N–H and O–H groups in total. The van der Waals surface area contributed by atoms with Crippen molar-refractivity contribution in [2.24, 2.45) is 0 Å². The average Bonchev–Trinajstić information content (AvgIpc) is 2.10. The first-order valence-electron chi connectivity index (χ1n) is 2.53. The van der Waals surface area contributed by atoms with Gasteiger partial charge in [-0.3, -0.25) is 4.52 Å². The van der Waals surface area contributed by atoms with Crippen LogP contribution in [0, 0.1) is 6.92 Å². The quantitative estimate of drug-likeness (QED) is 0.633. The fourth-order valence-corrected chi connectivity index (χ4v) is 0.418. The highest BCUT2D eigenvalue weighted by molar-refractivity contribution is 4.87. The third-order valence-electron chi connectivity index (χ3n) is 0.712. The van der Waals surface area contributed by atoms with Crippen molar-refractivity contribution in [3.8, 4) is 6.08 Å². The summed E-state index contributed by atoms with van der Waals surface area (Å²) in [6, 6.07) is 0. The molecule has 0 aliphatic heterocycles. The summed E-state index contributed by atoms with van der Waals surface area (Å²) < 4.78 is 41.5. The van der Waals surface area contributed by atoms with E-state index in [0.29, 0.717) is 0 Å². The smallest absolute Gasteiger partial charge is 0.355 e. The van der Waals surface area contributed by atoms with E-state index in [1.54, 1.807) is 0 Å². The van der Waals surface area contributed by atoms with Gasteiger partial charge in [-0.15, -0.1) is 13.2 Å². The first-order valence-corrected chi connectivity index (χ1v) is 2.53. The Balaban J connectivity index is 2.65. The summed E-state index contributed by atoms with van der Waals surface area (Å²) in [4.78, 5) is 3.18. The molecule has 0 aliphatic rings. The molecule has 0 atom stereocenters. The number of nitrogens with zero attached hydrogens (tertiary/aromatic N) is 2. The topological polar surface area (TPSA) is 48.2 Å². The number of ether oxygens (including phenoxy) is 1. The van der Waals surface area contributed by atoms with Gasteiger partial charge in [0, 0.05) is 0 Å². The van der Waals surface area contributed by atoms with Gasteiger partial charge in [-0.1, -0.05) is 5.16 Å². The Kier molecular flexibility index (Phi) is 1.71. The van der Waals surface area contributed by atoms with Crippen LogP contribution >= 0.6 is 0 Å². The van der Waals surface area contributed by atoms with Crippen molar-refractivity contribution >= 4 is 0 Å². The Bertz CT molecular complexity index is 244. The predicted molar refractivity (Wildman–Crippen MR) is 25.7 cm³/mol. The molecular weight excluding hydrogens is 165 g/mol. The molecule has 0 aliphatic carbocycles. The molecular formula is C4H3F3N2O2. The van der Waals surface area contributed by atoms with Crippen LogP contribution in [0.15, 0.2) is 4.52 Å². The number of halogens is 3. The molecule has 4 nitrogen and oxygen atoms in total. The molecule has 0 saturated heterocycles. The zero-order valence-electron chi connectivity index (χ0n) is 5.34. The minimum atomic E-state index is -4.78. The third kappa shape index (κ3) is 2.44. The van der Waals surface area contributed by atoms with E-state index in [1.807, 2.05) is 0 Å². The van der Waals surface area contributed by atoms with Gasteiger partial charge in [-0.2, -0.15) is 4.98 Å². The maximum atomic E-state index is 11.4. The lowest BCUT2D eigenvalue weighted by Gasteiger charge is -2.01. The summed E-state index contributed by atoms with van der Waals surface area (Å²) in [5.74, 6) is 0.0873. The van der Waals surface area contributed by atoms with Crippen LogP contribution in [0.4, 0.5) is 13.2 Å². The fourth-order valence-electron chi connectivity index (χ4n) is 0.418. The van der Waals surface area contributed by atoms with Crippen molar-refractivity contribution in [1.29, 1.82) is 0 Å². The zero-order valence-corrected chi connectivity index (χ0v) is 5.34. The molecule has 62 valence electrons. The molecule has 1 rings (SSSR count). The van der Waals surface area contributed by atoms with Gasteiger partial charge in [0.1, 0.15) is 0 Å². The van der Waals surface area contributed by atoms with Crippen LogP contribution in [0.5, 0.6) is 6.08 Å². The Morgan fingerprint density at radius 1 is 1.45 bits per heavy atom. The maximum absolute atomic E-state index is 11.4. The van der Waals surface area contributed by atoms with Crippen LogP contribution in [0.2, 0.25) is 0 Å². The van der Waals surface area contributed by atoms with E-state index in [4.69, 9.17) is 0 Å². The van der Waals surface area contributed by atoms with Gasteiger partial charge in [0.25, 0.3) is 0 Å². The highest BCUT2D eigenvalue weighted by atomic mass is 19.4. The lowest BCUT2D eigenvalue weighted by Crippen LogP contribution is -2.17. The zero-order chi connectivity index (χ0) is 8.48. The van der Waals surface area contributed by atoms with Crippen LogP contribution < -0.4 is 4.74 Å². The van der Waals surface area contributed by atoms with Crippen molar-refractivity contribution in [1.82, 2.24) is 10.1 Å². The van der Waals surface area contributed by atoms with E-state index in [1.165, 1.54) is 6.92 Å². The predicted octanol–water partition coefficient (Wildman–Crippen LogP) is 1.28. The van der Waals surface area contributed by atoms with Crippen molar-refractivity contribution in [3.05, 3.63) is 5.82 Å². The SMILES string of the molecule is Cc1noc(OC(F)(F)F)n1. The normalized spacial score (nSPS) is 11.6. The molecule has 0 spiro atoms. The summed E-state index contributed by atoms with van der Waals surface area (Å²) in [5.41, 5.74) is 0. The molecule has 0 saturated carbocycles. The number of hydrogen-bond acceptors (Lipinski definition) is 4. The van der Waals surface area contributed by atoms with E-state index in [9.17, 15) is 13.2 Å². The summed E-state index contributed by atoms with van der Waals surface area (Å²) >= 11 is 0. The lowest BCUT2D eigenvalue weighted by molar-refractivity contribution is -0.283. The minimum Gasteiger partial charge on any atom is -0.355 e. The van der Waals surface area contributed by atoms with Gasteiger partial charge < -0.3 is 4.74 Å². The van der Waals surface area contributed by atoms with Gasteiger partial charge in [0.2, 0.25) is 0 Å². The first kappa shape index (κ1) is 7.83. The van der Waals surface area contributed by atoms with Crippen LogP contribution in [-0.2, 0) is 0 Å². The average molecular weight is 168 g/mol. The summed E-state index contributed by atoms with van der Waals surface area (Å²) in [6.07, 6.45) is -5.67. The molecule has 0 unspecified atom stereocenters. The number of aromatic nitrogens is 2. The second kappa shape index (κ2) is 2.40. The molecule has 0 amide bonds. The third-order valence-corrected chi connectivity index (χ3v) is 0.712. The number of alkyl halides is 3. The van der Waals surface area contributed by atoms with Crippen LogP contribution in [0.1, 0.15) is 5.82 Å². The molecule has 1 aromatic heterocycles. The minimum absolute atomic E-state index is 0.0873. The lowest BCUT2D eigenvalue weighted by atomic mass is 10.8. The highest BCUT2D eigenvalue weighted by Gasteiger charge is 2.33. The molecule has 0 bridgehead atoms. The number of aryl methyl sites for hydroxylation is 1. The van der Waals surface area contributed by atoms with Crippen molar-refractivity contribution in [2.45, 2.75) is 13.3 Å². The largest absolute Gasteiger partial charge is 0.576 e. The highest BCUT2D eigenvalue weighted by Crippen LogP contribution is 2.19. The van der Waals surface area contributed by atoms with Gasteiger partial charge in [-0.25, -0.2) is 0 Å². The van der Waals surface area contributed by atoms with Gasteiger partial charge in [0.05, 0.1) is 0 Å². The second-order valence-corrected chi connectivity index (χ2v) is 1.66. The van der Waals surface area contributed by atoms with Gasteiger partial charge in [0.15, 0.2) is 5.82 Å². The van der Waals surface area contributed by atoms with Gasteiger partial charge >= 0.3 is 12.4 Å². The fraction of sp³-hybridized carbons (Fsp3) is 0.500. The molecule has 1 aromatic rings. The van der Waals surface area contributed by atoms with E-state index >= 15 is 0 Å². The van der Waals surface area contributed by atoms with E-state index in [-0.39, 0.29) is 5.82 Å². The molecule has 1 heterocycles. The maximum Gasteiger partial charge on any atom is 0.576 e. The van der Waals surface area contributed by atoms with Gasteiger partial charge in [-0.05, 0) is 6.92 Å². The molecule has 0 aromatic carbocycles. The summed E-state index contributed by atoms with van der Waals surface area (Å²) in [5, 5.41) is 3.09. The first-order chi connectivity index (χ1) is 4.97. The van der Waals surface area contributed by atoms with Crippen LogP contribution in [0.3, 0.4) is 0 Å². The van der Waals surface area contributed by atoms with Crippen molar-refractivity contribution < 1.29 is 22.4 Å². The van der Waals surface area contributed by atoms with Crippen molar-refractivity contribution in [3.63, 3.8) is 0 Å². The Labute approximate surface area is 59.0 Å². The molecule has 0 fully saturated rings. The Morgan fingerprint density at radius 2 is 2.09 bits per heavy atom. The molecule has 11 heavy (non-hydrogen) atoms. The van der Waals surface area contributed by atoms with Crippen LogP contribution in [-0.4, -0.2) is 16.5 Å². The monoisotopic (exact) mass is 168 g/mol. The van der Waals surface area contributed by atoms with Crippen molar-refractivity contribution in [2.75, 3.05) is 0 Å².